The molecule has 0 aromatic heterocycles. The average molecular weight is 304 g/mol. The van der Waals surface area contributed by atoms with Crippen LogP contribution in [0, 0.1) is 0 Å². The van der Waals surface area contributed by atoms with Crippen molar-refractivity contribution in [1.82, 2.24) is 10.2 Å². The number of sulfone groups is 1. The van der Waals surface area contributed by atoms with Gasteiger partial charge in [-0.05, 0) is 19.8 Å². The van der Waals surface area contributed by atoms with Crippen LogP contribution in [0.1, 0.15) is 40.0 Å². The maximum absolute atomic E-state index is 11.7. The standard InChI is InChI=1S/C13H24N2O4S/c1-4-10(2)14-13(17)5-7-15(11(3)16)12-6-8-20(18,19)9-12/h10,12H,4-9H2,1-3H3,(H,14,17). The number of rotatable bonds is 6. The Balaban J connectivity index is 2.53. The Hall–Kier alpha value is -1.11. The predicted octanol–water partition coefficient (Wildman–Crippen LogP) is 0.327. The minimum Gasteiger partial charge on any atom is -0.354 e. The monoisotopic (exact) mass is 304 g/mol. The Bertz CT molecular complexity index is 461. The van der Waals surface area contributed by atoms with Crippen molar-refractivity contribution in [2.24, 2.45) is 0 Å². The first-order valence-electron chi connectivity index (χ1n) is 7.02. The van der Waals surface area contributed by atoms with Crippen LogP contribution < -0.4 is 5.32 Å². The molecular formula is C13H24N2O4S. The van der Waals surface area contributed by atoms with Crippen LogP contribution in [0.2, 0.25) is 0 Å². The van der Waals surface area contributed by atoms with Crippen LogP contribution in [0.15, 0.2) is 0 Å². The molecule has 2 unspecified atom stereocenters. The molecule has 1 aliphatic heterocycles. The van der Waals surface area contributed by atoms with Gasteiger partial charge < -0.3 is 10.2 Å². The van der Waals surface area contributed by atoms with E-state index in [4.69, 9.17) is 0 Å². The van der Waals surface area contributed by atoms with Crippen LogP contribution in [0.3, 0.4) is 0 Å². The van der Waals surface area contributed by atoms with Crippen molar-refractivity contribution in [2.75, 3.05) is 18.1 Å². The summed E-state index contributed by atoms with van der Waals surface area (Å²) >= 11 is 0. The maximum atomic E-state index is 11.7. The molecule has 116 valence electrons. The number of hydrogen-bond acceptors (Lipinski definition) is 4. The second kappa shape index (κ2) is 7.06. The fourth-order valence-electron chi connectivity index (χ4n) is 2.29. The Labute approximate surface area is 120 Å². The zero-order valence-electron chi connectivity index (χ0n) is 12.4. The summed E-state index contributed by atoms with van der Waals surface area (Å²) in [5.41, 5.74) is 0. The van der Waals surface area contributed by atoms with Crippen molar-refractivity contribution in [3.05, 3.63) is 0 Å². The fourth-order valence-corrected chi connectivity index (χ4v) is 4.02. The normalized spacial score (nSPS) is 22.2. The van der Waals surface area contributed by atoms with Gasteiger partial charge in [-0.25, -0.2) is 8.42 Å². The summed E-state index contributed by atoms with van der Waals surface area (Å²) < 4.78 is 22.9. The second-order valence-corrected chi connectivity index (χ2v) is 7.62. The van der Waals surface area contributed by atoms with E-state index in [9.17, 15) is 18.0 Å². The summed E-state index contributed by atoms with van der Waals surface area (Å²) in [5.74, 6) is -0.144. The van der Waals surface area contributed by atoms with Gasteiger partial charge in [0.05, 0.1) is 11.5 Å². The van der Waals surface area contributed by atoms with E-state index >= 15 is 0 Å². The molecule has 7 heteroatoms. The summed E-state index contributed by atoms with van der Waals surface area (Å²) in [6.07, 6.45) is 1.53. The summed E-state index contributed by atoms with van der Waals surface area (Å²) in [6.45, 7) is 5.59. The lowest BCUT2D eigenvalue weighted by Gasteiger charge is -2.27. The van der Waals surface area contributed by atoms with Crippen LogP contribution >= 0.6 is 0 Å². The first kappa shape index (κ1) is 16.9. The highest BCUT2D eigenvalue weighted by Crippen LogP contribution is 2.18. The smallest absolute Gasteiger partial charge is 0.221 e. The van der Waals surface area contributed by atoms with Crippen LogP contribution in [0.4, 0.5) is 0 Å². The Kier molecular flexibility index (Phi) is 5.98. The van der Waals surface area contributed by atoms with E-state index in [1.165, 1.54) is 11.8 Å². The number of nitrogens with zero attached hydrogens (tertiary/aromatic N) is 1. The highest BCUT2D eigenvalue weighted by molar-refractivity contribution is 7.91. The second-order valence-electron chi connectivity index (χ2n) is 5.40. The molecular weight excluding hydrogens is 280 g/mol. The molecule has 1 aliphatic rings. The van der Waals surface area contributed by atoms with Crippen molar-refractivity contribution in [2.45, 2.75) is 52.1 Å². The average Bonchev–Trinajstić information content (AvgIpc) is 2.69. The number of amides is 2. The molecule has 1 rings (SSSR count). The molecule has 0 aromatic carbocycles. The highest BCUT2D eigenvalue weighted by atomic mass is 32.2. The van der Waals surface area contributed by atoms with Gasteiger partial charge in [-0.3, -0.25) is 9.59 Å². The highest BCUT2D eigenvalue weighted by Gasteiger charge is 2.33. The van der Waals surface area contributed by atoms with Crippen molar-refractivity contribution in [1.29, 1.82) is 0 Å². The molecule has 2 amide bonds. The van der Waals surface area contributed by atoms with Crippen molar-refractivity contribution >= 4 is 21.7 Å². The van der Waals surface area contributed by atoms with Crippen molar-refractivity contribution in [3.63, 3.8) is 0 Å². The van der Waals surface area contributed by atoms with Crippen LogP contribution in [-0.2, 0) is 19.4 Å². The van der Waals surface area contributed by atoms with Crippen LogP contribution in [-0.4, -0.2) is 55.3 Å². The molecule has 6 nitrogen and oxygen atoms in total. The zero-order chi connectivity index (χ0) is 15.3. The molecule has 20 heavy (non-hydrogen) atoms. The molecule has 0 saturated carbocycles. The van der Waals surface area contributed by atoms with Crippen molar-refractivity contribution < 1.29 is 18.0 Å². The molecule has 2 atom stereocenters. The summed E-state index contributed by atoms with van der Waals surface area (Å²) in [5, 5.41) is 2.84. The number of nitrogens with one attached hydrogen (secondary N) is 1. The predicted molar refractivity (Wildman–Crippen MR) is 77.0 cm³/mol. The summed E-state index contributed by atoms with van der Waals surface area (Å²) in [6, 6.07) is -0.172. The lowest BCUT2D eigenvalue weighted by Crippen LogP contribution is -2.42. The minimum absolute atomic E-state index is 0.0135. The third-order valence-electron chi connectivity index (χ3n) is 3.65. The summed E-state index contributed by atoms with van der Waals surface area (Å²) in [7, 11) is -3.03. The van der Waals surface area contributed by atoms with Gasteiger partial charge in [0.25, 0.3) is 0 Å². The van der Waals surface area contributed by atoms with Crippen molar-refractivity contribution in [3.8, 4) is 0 Å². The van der Waals surface area contributed by atoms with E-state index in [0.29, 0.717) is 6.42 Å². The number of carbonyl (C=O) groups is 2. The first-order valence-corrected chi connectivity index (χ1v) is 8.84. The third-order valence-corrected chi connectivity index (χ3v) is 5.40. The maximum Gasteiger partial charge on any atom is 0.221 e. The van der Waals surface area contributed by atoms with E-state index in [0.717, 1.165) is 6.42 Å². The van der Waals surface area contributed by atoms with Gasteiger partial charge in [0.2, 0.25) is 11.8 Å². The van der Waals surface area contributed by atoms with Gasteiger partial charge in [-0.15, -0.1) is 0 Å². The van der Waals surface area contributed by atoms with Crippen LogP contribution in [0.5, 0.6) is 0 Å². The Morgan fingerprint density at radius 2 is 2.05 bits per heavy atom. The lowest BCUT2D eigenvalue weighted by atomic mass is 10.2. The molecule has 0 radical (unpaired) electrons. The van der Waals surface area contributed by atoms with Gasteiger partial charge in [0.1, 0.15) is 0 Å². The molecule has 1 heterocycles. The largest absolute Gasteiger partial charge is 0.354 e. The first-order chi connectivity index (χ1) is 9.25. The Morgan fingerprint density at radius 1 is 1.40 bits per heavy atom. The van der Waals surface area contributed by atoms with Crippen LogP contribution in [0.25, 0.3) is 0 Å². The third kappa shape index (κ3) is 5.11. The zero-order valence-corrected chi connectivity index (χ0v) is 13.2. The van der Waals surface area contributed by atoms with E-state index < -0.39 is 9.84 Å². The molecule has 0 aromatic rings. The Morgan fingerprint density at radius 3 is 2.50 bits per heavy atom. The molecule has 1 N–H and O–H groups in total. The van der Waals surface area contributed by atoms with E-state index in [2.05, 4.69) is 5.32 Å². The molecule has 0 spiro atoms. The molecule has 0 aliphatic carbocycles. The molecule has 1 fully saturated rings. The lowest BCUT2D eigenvalue weighted by molar-refractivity contribution is -0.131. The molecule has 1 saturated heterocycles. The fraction of sp³-hybridized carbons (Fsp3) is 0.846. The minimum atomic E-state index is -3.03. The number of carbonyl (C=O) groups excluding carboxylic acids is 2. The van der Waals surface area contributed by atoms with Gasteiger partial charge in [-0.1, -0.05) is 6.92 Å². The quantitative estimate of drug-likeness (QED) is 0.766. The van der Waals surface area contributed by atoms with Gasteiger partial charge in [0.15, 0.2) is 9.84 Å². The van der Waals surface area contributed by atoms with E-state index in [1.807, 2.05) is 13.8 Å². The van der Waals surface area contributed by atoms with E-state index in [-0.39, 0.29) is 48.4 Å². The van der Waals surface area contributed by atoms with Gasteiger partial charge in [0, 0.05) is 32.0 Å². The SMILES string of the molecule is CCC(C)NC(=O)CCN(C(C)=O)C1CCS(=O)(=O)C1. The number of hydrogen-bond donors (Lipinski definition) is 1. The summed E-state index contributed by atoms with van der Waals surface area (Å²) in [4.78, 5) is 24.9. The van der Waals surface area contributed by atoms with Gasteiger partial charge >= 0.3 is 0 Å². The van der Waals surface area contributed by atoms with E-state index in [1.54, 1.807) is 0 Å². The topological polar surface area (TPSA) is 83.6 Å². The molecule has 0 bridgehead atoms. The van der Waals surface area contributed by atoms with Gasteiger partial charge in [-0.2, -0.15) is 0 Å².